The molecule has 0 atom stereocenters. The lowest BCUT2D eigenvalue weighted by molar-refractivity contribution is 0.0692. The van der Waals surface area contributed by atoms with Crippen molar-refractivity contribution in [2.75, 3.05) is 5.32 Å². The number of nitrogens with zero attached hydrogens (tertiary/aromatic N) is 1. The Kier molecular flexibility index (Phi) is 4.22. The third-order valence-corrected chi connectivity index (χ3v) is 2.95. The van der Waals surface area contributed by atoms with Gasteiger partial charge in [-0.2, -0.15) is 0 Å². The first-order chi connectivity index (χ1) is 9.97. The van der Waals surface area contributed by atoms with E-state index in [9.17, 15) is 9.59 Å². The molecule has 110 valence electrons. The standard InChI is InChI=1S/C14H16N4O3/c1-8-4-3-5-15-11(8)7-16-14(21)18-10-6-9(2)17-12(10)13(19)20/h3-6,17H,7H2,1-2H3,(H,19,20)(H2,16,18,21). The zero-order valence-electron chi connectivity index (χ0n) is 11.7. The quantitative estimate of drug-likeness (QED) is 0.690. The number of carbonyl (C=O) groups is 2. The fourth-order valence-corrected chi connectivity index (χ4v) is 1.89. The summed E-state index contributed by atoms with van der Waals surface area (Å²) < 4.78 is 0. The van der Waals surface area contributed by atoms with E-state index >= 15 is 0 Å². The van der Waals surface area contributed by atoms with E-state index in [0.717, 1.165) is 11.3 Å². The SMILES string of the molecule is Cc1cc(NC(=O)NCc2ncccc2C)c(C(=O)O)[nH]1. The predicted molar refractivity (Wildman–Crippen MR) is 77.3 cm³/mol. The molecule has 0 aliphatic rings. The normalized spacial score (nSPS) is 10.2. The second-order valence-corrected chi connectivity index (χ2v) is 4.62. The monoisotopic (exact) mass is 288 g/mol. The summed E-state index contributed by atoms with van der Waals surface area (Å²) in [5.74, 6) is -1.13. The number of aryl methyl sites for hydroxylation is 2. The molecule has 0 aliphatic heterocycles. The summed E-state index contributed by atoms with van der Waals surface area (Å²) in [5, 5.41) is 14.2. The molecule has 0 saturated heterocycles. The van der Waals surface area contributed by atoms with Crippen LogP contribution >= 0.6 is 0 Å². The number of hydrogen-bond donors (Lipinski definition) is 4. The van der Waals surface area contributed by atoms with Crippen LogP contribution in [-0.4, -0.2) is 27.1 Å². The lowest BCUT2D eigenvalue weighted by Gasteiger charge is -2.08. The van der Waals surface area contributed by atoms with Crippen LogP contribution in [0.15, 0.2) is 24.4 Å². The van der Waals surface area contributed by atoms with Crippen LogP contribution < -0.4 is 10.6 Å². The number of urea groups is 1. The van der Waals surface area contributed by atoms with Crippen molar-refractivity contribution < 1.29 is 14.7 Å². The van der Waals surface area contributed by atoms with Crippen molar-refractivity contribution in [3.8, 4) is 0 Å². The van der Waals surface area contributed by atoms with Crippen LogP contribution in [0.2, 0.25) is 0 Å². The fourth-order valence-electron chi connectivity index (χ4n) is 1.89. The number of H-pyrrole nitrogens is 1. The van der Waals surface area contributed by atoms with Gasteiger partial charge >= 0.3 is 12.0 Å². The number of pyridine rings is 1. The number of nitrogens with one attached hydrogen (secondary N) is 3. The number of hydrogen-bond acceptors (Lipinski definition) is 3. The summed E-state index contributed by atoms with van der Waals surface area (Å²) in [4.78, 5) is 29.7. The van der Waals surface area contributed by atoms with Crippen molar-refractivity contribution in [2.45, 2.75) is 20.4 Å². The number of carboxylic acid groups (broad SMARTS) is 1. The number of aromatic amines is 1. The van der Waals surface area contributed by atoms with Crippen LogP contribution in [0, 0.1) is 13.8 Å². The Bertz CT molecular complexity index is 679. The first-order valence-electron chi connectivity index (χ1n) is 6.35. The average molecular weight is 288 g/mol. The van der Waals surface area contributed by atoms with Gasteiger partial charge in [0.05, 0.1) is 17.9 Å². The molecule has 0 aliphatic carbocycles. The van der Waals surface area contributed by atoms with Crippen molar-refractivity contribution in [3.05, 3.63) is 47.0 Å². The molecule has 2 amide bonds. The van der Waals surface area contributed by atoms with Crippen molar-refractivity contribution >= 4 is 17.7 Å². The highest BCUT2D eigenvalue weighted by Crippen LogP contribution is 2.16. The molecule has 0 saturated carbocycles. The van der Waals surface area contributed by atoms with Gasteiger partial charge in [-0.1, -0.05) is 6.07 Å². The number of carbonyl (C=O) groups excluding carboxylic acids is 1. The number of anilines is 1. The molecule has 0 unspecified atom stereocenters. The van der Waals surface area contributed by atoms with Crippen LogP contribution in [0.25, 0.3) is 0 Å². The second kappa shape index (κ2) is 6.08. The lowest BCUT2D eigenvalue weighted by atomic mass is 10.2. The molecule has 4 N–H and O–H groups in total. The van der Waals surface area contributed by atoms with Gasteiger partial charge in [0.25, 0.3) is 0 Å². The van der Waals surface area contributed by atoms with Crippen molar-refractivity contribution in [2.24, 2.45) is 0 Å². The molecule has 7 nitrogen and oxygen atoms in total. The first kappa shape index (κ1) is 14.6. The zero-order valence-corrected chi connectivity index (χ0v) is 11.7. The Labute approximate surface area is 121 Å². The number of amides is 2. The molecule has 2 heterocycles. The molecular formula is C14H16N4O3. The smallest absolute Gasteiger partial charge is 0.354 e. The molecule has 0 radical (unpaired) electrons. The maximum Gasteiger partial charge on any atom is 0.354 e. The Morgan fingerprint density at radius 2 is 2.14 bits per heavy atom. The summed E-state index contributed by atoms with van der Waals surface area (Å²) in [7, 11) is 0. The zero-order chi connectivity index (χ0) is 15.4. The maximum atomic E-state index is 11.8. The van der Waals surface area contributed by atoms with Gasteiger partial charge in [-0.3, -0.25) is 4.98 Å². The highest BCUT2D eigenvalue weighted by Gasteiger charge is 2.15. The minimum atomic E-state index is -1.13. The van der Waals surface area contributed by atoms with Crippen LogP contribution in [0.5, 0.6) is 0 Å². The molecule has 0 fully saturated rings. The topological polar surface area (TPSA) is 107 Å². The Morgan fingerprint density at radius 3 is 2.81 bits per heavy atom. The number of aromatic carboxylic acids is 1. The summed E-state index contributed by atoms with van der Waals surface area (Å²) in [6.07, 6.45) is 1.65. The van der Waals surface area contributed by atoms with Crippen molar-refractivity contribution in [1.29, 1.82) is 0 Å². The van der Waals surface area contributed by atoms with Gasteiger partial charge in [0.1, 0.15) is 5.69 Å². The molecule has 2 aromatic heterocycles. The van der Waals surface area contributed by atoms with E-state index in [1.807, 2.05) is 19.1 Å². The van der Waals surface area contributed by atoms with Gasteiger partial charge < -0.3 is 20.7 Å². The van der Waals surface area contributed by atoms with Gasteiger partial charge in [-0.05, 0) is 31.5 Å². The molecule has 21 heavy (non-hydrogen) atoms. The largest absolute Gasteiger partial charge is 0.477 e. The van der Waals surface area contributed by atoms with Gasteiger partial charge in [-0.25, -0.2) is 9.59 Å². The Morgan fingerprint density at radius 1 is 1.38 bits per heavy atom. The van der Waals surface area contributed by atoms with Crippen LogP contribution in [-0.2, 0) is 6.54 Å². The van der Waals surface area contributed by atoms with Gasteiger partial charge in [-0.15, -0.1) is 0 Å². The third kappa shape index (κ3) is 3.59. The van der Waals surface area contributed by atoms with Crippen molar-refractivity contribution in [3.63, 3.8) is 0 Å². The summed E-state index contributed by atoms with van der Waals surface area (Å²) >= 11 is 0. The summed E-state index contributed by atoms with van der Waals surface area (Å²) in [6.45, 7) is 3.89. The highest BCUT2D eigenvalue weighted by molar-refractivity contribution is 5.99. The Hall–Kier alpha value is -2.83. The molecule has 7 heteroatoms. The van der Waals surface area contributed by atoms with Crippen LogP contribution in [0.4, 0.5) is 10.5 Å². The number of rotatable bonds is 4. The predicted octanol–water partition coefficient (Wildman–Crippen LogP) is 2.05. The highest BCUT2D eigenvalue weighted by atomic mass is 16.4. The lowest BCUT2D eigenvalue weighted by Crippen LogP contribution is -2.29. The molecular weight excluding hydrogens is 272 g/mol. The number of carboxylic acids is 1. The van der Waals surface area contributed by atoms with E-state index in [1.165, 1.54) is 0 Å². The average Bonchev–Trinajstić information content (AvgIpc) is 2.79. The van der Waals surface area contributed by atoms with Gasteiger partial charge in [0.15, 0.2) is 0 Å². The van der Waals surface area contributed by atoms with E-state index in [-0.39, 0.29) is 17.9 Å². The van der Waals surface area contributed by atoms with E-state index < -0.39 is 12.0 Å². The fraction of sp³-hybridized carbons (Fsp3) is 0.214. The first-order valence-corrected chi connectivity index (χ1v) is 6.35. The molecule has 0 aromatic carbocycles. The van der Waals surface area contributed by atoms with Gasteiger partial charge in [0, 0.05) is 11.9 Å². The Balaban J connectivity index is 1.99. The molecule has 2 aromatic rings. The van der Waals surface area contributed by atoms with E-state index in [2.05, 4.69) is 20.6 Å². The minimum Gasteiger partial charge on any atom is -0.477 e. The minimum absolute atomic E-state index is 0.0448. The van der Waals surface area contributed by atoms with Gasteiger partial charge in [0.2, 0.25) is 0 Å². The molecule has 0 bridgehead atoms. The third-order valence-electron chi connectivity index (χ3n) is 2.95. The number of aromatic nitrogens is 2. The van der Waals surface area contributed by atoms with E-state index in [0.29, 0.717) is 5.69 Å². The van der Waals surface area contributed by atoms with Crippen LogP contribution in [0.3, 0.4) is 0 Å². The van der Waals surface area contributed by atoms with Crippen LogP contribution in [0.1, 0.15) is 27.4 Å². The molecule has 2 rings (SSSR count). The maximum absolute atomic E-state index is 11.8. The summed E-state index contributed by atoms with van der Waals surface area (Å²) in [5.41, 5.74) is 2.58. The summed E-state index contributed by atoms with van der Waals surface area (Å²) in [6, 6.07) is 4.80. The molecule has 0 spiro atoms. The second-order valence-electron chi connectivity index (χ2n) is 4.62. The van der Waals surface area contributed by atoms with E-state index in [1.54, 1.807) is 19.2 Å². The van der Waals surface area contributed by atoms with Crippen molar-refractivity contribution in [1.82, 2.24) is 15.3 Å². The van der Waals surface area contributed by atoms with E-state index in [4.69, 9.17) is 5.11 Å².